The van der Waals surface area contributed by atoms with E-state index in [2.05, 4.69) is 24.1 Å². The SMILES string of the molecule is CCN(CC)c1ccc(NCS(=O)(=O)O)cc1. The molecule has 0 heterocycles. The van der Waals surface area contributed by atoms with E-state index in [0.717, 1.165) is 18.8 Å². The van der Waals surface area contributed by atoms with Gasteiger partial charge in [0.1, 0.15) is 5.88 Å². The Morgan fingerprint density at radius 1 is 1.18 bits per heavy atom. The Hall–Kier alpha value is -1.27. The Morgan fingerprint density at radius 3 is 2.12 bits per heavy atom. The van der Waals surface area contributed by atoms with Crippen molar-refractivity contribution in [2.24, 2.45) is 0 Å². The van der Waals surface area contributed by atoms with Crippen LogP contribution >= 0.6 is 0 Å². The van der Waals surface area contributed by atoms with E-state index in [4.69, 9.17) is 4.55 Å². The van der Waals surface area contributed by atoms with E-state index in [1.54, 1.807) is 12.1 Å². The fourth-order valence-electron chi connectivity index (χ4n) is 1.55. The summed E-state index contributed by atoms with van der Waals surface area (Å²) in [5.41, 5.74) is 1.76. The van der Waals surface area contributed by atoms with Crippen LogP contribution in [0.15, 0.2) is 24.3 Å². The van der Waals surface area contributed by atoms with Crippen molar-refractivity contribution >= 4 is 21.5 Å². The summed E-state index contributed by atoms with van der Waals surface area (Å²) in [6, 6.07) is 7.41. The molecule has 0 radical (unpaired) electrons. The zero-order valence-electron chi connectivity index (χ0n) is 10.0. The molecule has 6 heteroatoms. The molecule has 0 aliphatic rings. The average Bonchev–Trinajstić information content (AvgIpc) is 2.29. The molecule has 0 aromatic heterocycles. The maximum absolute atomic E-state index is 10.6. The number of benzene rings is 1. The van der Waals surface area contributed by atoms with Gasteiger partial charge in [-0.25, -0.2) is 0 Å². The first-order valence-corrected chi connectivity index (χ1v) is 7.11. The van der Waals surface area contributed by atoms with Crippen LogP contribution < -0.4 is 10.2 Å². The molecule has 2 N–H and O–H groups in total. The second-order valence-corrected chi connectivity index (χ2v) is 5.07. The molecule has 96 valence electrons. The summed E-state index contributed by atoms with van der Waals surface area (Å²) < 4.78 is 29.7. The van der Waals surface area contributed by atoms with Crippen molar-refractivity contribution in [3.8, 4) is 0 Å². The van der Waals surface area contributed by atoms with Gasteiger partial charge in [0.25, 0.3) is 10.1 Å². The van der Waals surface area contributed by atoms with Crippen LogP contribution in [-0.4, -0.2) is 31.9 Å². The largest absolute Gasteiger partial charge is 0.372 e. The van der Waals surface area contributed by atoms with E-state index in [1.165, 1.54) is 0 Å². The van der Waals surface area contributed by atoms with Gasteiger partial charge < -0.3 is 10.2 Å². The van der Waals surface area contributed by atoms with Crippen LogP contribution in [0.5, 0.6) is 0 Å². The topological polar surface area (TPSA) is 69.6 Å². The molecule has 0 saturated carbocycles. The second kappa shape index (κ2) is 5.88. The van der Waals surface area contributed by atoms with E-state index < -0.39 is 16.0 Å². The first-order chi connectivity index (χ1) is 7.96. The lowest BCUT2D eigenvalue weighted by atomic mass is 10.2. The molecule has 0 saturated heterocycles. The molecular weight excluding hydrogens is 240 g/mol. The standard InChI is InChI=1S/C11H18N2O3S/c1-3-13(4-2)11-7-5-10(6-8-11)12-9-17(14,15)16/h5-8,12H,3-4,9H2,1-2H3,(H,14,15,16). The molecular formula is C11H18N2O3S. The minimum absolute atomic E-state index is 0.475. The van der Waals surface area contributed by atoms with Gasteiger partial charge in [-0.05, 0) is 38.1 Å². The van der Waals surface area contributed by atoms with Gasteiger partial charge in [0, 0.05) is 24.5 Å². The minimum Gasteiger partial charge on any atom is -0.372 e. The van der Waals surface area contributed by atoms with Crippen LogP contribution in [0.1, 0.15) is 13.8 Å². The van der Waals surface area contributed by atoms with Gasteiger partial charge in [-0.2, -0.15) is 8.42 Å². The van der Waals surface area contributed by atoms with Gasteiger partial charge >= 0.3 is 0 Å². The molecule has 0 unspecified atom stereocenters. The van der Waals surface area contributed by atoms with Crippen molar-refractivity contribution in [3.05, 3.63) is 24.3 Å². The summed E-state index contributed by atoms with van der Waals surface area (Å²) >= 11 is 0. The van der Waals surface area contributed by atoms with E-state index in [-0.39, 0.29) is 0 Å². The summed E-state index contributed by atoms with van der Waals surface area (Å²) in [5, 5.41) is 2.63. The predicted octanol–water partition coefficient (Wildman–Crippen LogP) is 1.79. The maximum atomic E-state index is 10.6. The van der Waals surface area contributed by atoms with Crippen LogP contribution in [0.3, 0.4) is 0 Å². The van der Waals surface area contributed by atoms with Gasteiger partial charge in [0.05, 0.1) is 0 Å². The highest BCUT2D eigenvalue weighted by Crippen LogP contribution is 2.17. The second-order valence-electron chi connectivity index (χ2n) is 3.62. The van der Waals surface area contributed by atoms with Crippen molar-refractivity contribution in [2.75, 3.05) is 29.2 Å². The Kier molecular flexibility index (Phi) is 4.77. The molecule has 0 amide bonds. The highest BCUT2D eigenvalue weighted by atomic mass is 32.2. The van der Waals surface area contributed by atoms with E-state index in [1.807, 2.05) is 12.1 Å². The van der Waals surface area contributed by atoms with Crippen molar-refractivity contribution in [3.63, 3.8) is 0 Å². The normalized spacial score (nSPS) is 11.2. The van der Waals surface area contributed by atoms with E-state index in [9.17, 15) is 8.42 Å². The summed E-state index contributed by atoms with van der Waals surface area (Å²) in [6.07, 6.45) is 0. The smallest absolute Gasteiger partial charge is 0.283 e. The quantitative estimate of drug-likeness (QED) is 0.761. The van der Waals surface area contributed by atoms with Crippen molar-refractivity contribution < 1.29 is 13.0 Å². The van der Waals surface area contributed by atoms with Crippen molar-refractivity contribution in [1.29, 1.82) is 0 Å². The third-order valence-corrected chi connectivity index (χ3v) is 2.96. The zero-order chi connectivity index (χ0) is 12.9. The van der Waals surface area contributed by atoms with Crippen LogP contribution in [0.25, 0.3) is 0 Å². The number of nitrogens with zero attached hydrogens (tertiary/aromatic N) is 1. The van der Waals surface area contributed by atoms with Gasteiger partial charge in [-0.1, -0.05) is 0 Å². The number of rotatable bonds is 6. The Bertz CT molecular complexity index is 438. The first-order valence-electron chi connectivity index (χ1n) is 5.50. The van der Waals surface area contributed by atoms with Crippen molar-refractivity contribution in [2.45, 2.75) is 13.8 Å². The maximum Gasteiger partial charge on any atom is 0.283 e. The Labute approximate surface area is 102 Å². The fraction of sp³-hybridized carbons (Fsp3) is 0.455. The highest BCUT2D eigenvalue weighted by Gasteiger charge is 2.04. The lowest BCUT2D eigenvalue weighted by Crippen LogP contribution is -2.21. The Balaban J connectivity index is 2.68. The molecule has 5 nitrogen and oxygen atoms in total. The third-order valence-electron chi connectivity index (χ3n) is 2.45. The van der Waals surface area contributed by atoms with Gasteiger partial charge in [0.15, 0.2) is 0 Å². The summed E-state index contributed by atoms with van der Waals surface area (Å²) in [5.74, 6) is -0.475. The number of anilines is 2. The molecule has 1 rings (SSSR count). The third kappa shape index (κ3) is 4.62. The molecule has 0 bridgehead atoms. The highest BCUT2D eigenvalue weighted by molar-refractivity contribution is 7.85. The Morgan fingerprint density at radius 2 is 1.71 bits per heavy atom. The molecule has 0 fully saturated rings. The van der Waals surface area contributed by atoms with Crippen LogP contribution in [0, 0.1) is 0 Å². The summed E-state index contributed by atoms with van der Waals surface area (Å²) in [7, 11) is -3.98. The van der Waals surface area contributed by atoms with Gasteiger partial charge in [0.2, 0.25) is 0 Å². The number of hydrogen-bond acceptors (Lipinski definition) is 4. The van der Waals surface area contributed by atoms with Crippen LogP contribution in [0.2, 0.25) is 0 Å². The lowest BCUT2D eigenvalue weighted by Gasteiger charge is -2.21. The zero-order valence-corrected chi connectivity index (χ0v) is 10.9. The van der Waals surface area contributed by atoms with E-state index in [0.29, 0.717) is 5.69 Å². The molecule has 17 heavy (non-hydrogen) atoms. The van der Waals surface area contributed by atoms with Gasteiger partial charge in [-0.15, -0.1) is 0 Å². The predicted molar refractivity (Wildman–Crippen MR) is 70.0 cm³/mol. The molecule has 0 aliphatic heterocycles. The lowest BCUT2D eigenvalue weighted by molar-refractivity contribution is 0.485. The number of hydrogen-bond donors (Lipinski definition) is 2. The molecule has 0 spiro atoms. The summed E-state index contributed by atoms with van der Waals surface area (Å²) in [4.78, 5) is 2.19. The number of nitrogens with one attached hydrogen (secondary N) is 1. The van der Waals surface area contributed by atoms with Crippen LogP contribution in [0.4, 0.5) is 11.4 Å². The minimum atomic E-state index is -3.98. The average molecular weight is 258 g/mol. The first kappa shape index (κ1) is 13.8. The molecule has 1 aromatic rings. The van der Waals surface area contributed by atoms with Crippen molar-refractivity contribution in [1.82, 2.24) is 0 Å². The summed E-state index contributed by atoms with van der Waals surface area (Å²) in [6.45, 7) is 6.00. The fourth-order valence-corrected chi connectivity index (χ4v) is 1.90. The monoisotopic (exact) mass is 258 g/mol. The molecule has 0 aliphatic carbocycles. The van der Waals surface area contributed by atoms with E-state index >= 15 is 0 Å². The van der Waals surface area contributed by atoms with Crippen LogP contribution in [-0.2, 0) is 10.1 Å². The molecule has 0 atom stereocenters. The van der Waals surface area contributed by atoms with Gasteiger partial charge in [-0.3, -0.25) is 4.55 Å². The molecule has 1 aromatic carbocycles.